The molecule has 0 radical (unpaired) electrons. The number of fused-ring (bicyclic) bond motifs is 2. The molecule has 2 heterocycles. The van der Waals surface area contributed by atoms with Crippen molar-refractivity contribution in [1.82, 2.24) is 10.2 Å². The lowest BCUT2D eigenvalue weighted by molar-refractivity contribution is -0.126. The van der Waals surface area contributed by atoms with E-state index in [4.69, 9.17) is 4.74 Å². The number of carbonyl (C=O) groups excluding carboxylic acids is 2. The minimum Gasteiger partial charge on any atom is -0.478 e. The van der Waals surface area contributed by atoms with Gasteiger partial charge in [0.25, 0.3) is 5.91 Å². The fourth-order valence-electron chi connectivity index (χ4n) is 3.22. The number of ether oxygens (including phenoxy) is 1. The summed E-state index contributed by atoms with van der Waals surface area (Å²) < 4.78 is 5.76. The predicted molar refractivity (Wildman–Crippen MR) is 103 cm³/mol. The number of amides is 2. The fourth-order valence-corrected chi connectivity index (χ4v) is 3.22. The van der Waals surface area contributed by atoms with Gasteiger partial charge in [-0.15, -0.1) is 0 Å². The number of H-pyrrole nitrogens is 1. The number of anilines is 2. The lowest BCUT2D eigenvalue weighted by Crippen LogP contribution is -2.46. The summed E-state index contributed by atoms with van der Waals surface area (Å²) in [4.78, 5) is 26.7. The molecule has 2 N–H and O–H groups in total. The van der Waals surface area contributed by atoms with Gasteiger partial charge in [-0.3, -0.25) is 14.7 Å². The van der Waals surface area contributed by atoms with Crippen LogP contribution in [0, 0.1) is 0 Å². The third kappa shape index (κ3) is 3.36. The maximum absolute atomic E-state index is 12.7. The van der Waals surface area contributed by atoms with Crippen molar-refractivity contribution in [3.8, 4) is 5.75 Å². The molecule has 1 unspecified atom stereocenters. The highest BCUT2D eigenvalue weighted by atomic mass is 16.5. The molecule has 2 aromatic carbocycles. The van der Waals surface area contributed by atoms with E-state index in [1.54, 1.807) is 11.1 Å². The van der Waals surface area contributed by atoms with Gasteiger partial charge in [-0.05, 0) is 36.8 Å². The number of rotatable bonds is 5. The van der Waals surface area contributed by atoms with Crippen molar-refractivity contribution < 1.29 is 14.3 Å². The normalized spacial score (nSPS) is 16.1. The van der Waals surface area contributed by atoms with E-state index < -0.39 is 6.10 Å². The van der Waals surface area contributed by atoms with Gasteiger partial charge in [0.15, 0.2) is 6.10 Å². The van der Waals surface area contributed by atoms with Crippen molar-refractivity contribution in [2.75, 3.05) is 16.8 Å². The SMILES string of the molecule is CCC1Oc2ccccc2N(CCC(=O)Nc2ccc3cn[nH]c3c2)C1=O. The second-order valence-corrected chi connectivity index (χ2v) is 6.44. The molecule has 1 aromatic heterocycles. The number of hydrogen-bond donors (Lipinski definition) is 2. The minimum atomic E-state index is -0.509. The number of para-hydroxylation sites is 2. The zero-order chi connectivity index (χ0) is 18.8. The molecule has 2 amide bonds. The van der Waals surface area contributed by atoms with E-state index in [2.05, 4.69) is 15.5 Å². The largest absolute Gasteiger partial charge is 0.478 e. The van der Waals surface area contributed by atoms with E-state index in [9.17, 15) is 9.59 Å². The molecule has 1 atom stereocenters. The first kappa shape index (κ1) is 17.1. The van der Waals surface area contributed by atoms with E-state index in [-0.39, 0.29) is 18.2 Å². The van der Waals surface area contributed by atoms with E-state index >= 15 is 0 Å². The van der Waals surface area contributed by atoms with Crippen LogP contribution in [0.4, 0.5) is 11.4 Å². The van der Waals surface area contributed by atoms with Crippen molar-refractivity contribution in [2.45, 2.75) is 25.9 Å². The van der Waals surface area contributed by atoms with Crippen molar-refractivity contribution in [3.63, 3.8) is 0 Å². The Morgan fingerprint density at radius 2 is 2.15 bits per heavy atom. The fraction of sp³-hybridized carbons (Fsp3) is 0.250. The third-order valence-corrected chi connectivity index (χ3v) is 4.63. The molecule has 1 aliphatic rings. The Morgan fingerprint density at radius 3 is 3.00 bits per heavy atom. The average molecular weight is 364 g/mol. The minimum absolute atomic E-state index is 0.108. The average Bonchev–Trinajstić information content (AvgIpc) is 3.14. The van der Waals surface area contributed by atoms with Crippen molar-refractivity contribution >= 4 is 34.1 Å². The summed E-state index contributed by atoms with van der Waals surface area (Å²) in [6.07, 6.45) is 2.00. The first-order chi connectivity index (χ1) is 13.2. The van der Waals surface area contributed by atoms with Crippen LogP contribution in [-0.2, 0) is 9.59 Å². The van der Waals surface area contributed by atoms with E-state index in [0.29, 0.717) is 30.1 Å². The van der Waals surface area contributed by atoms with Gasteiger partial charge in [0.2, 0.25) is 5.91 Å². The topological polar surface area (TPSA) is 87.3 Å². The van der Waals surface area contributed by atoms with E-state index in [1.165, 1.54) is 0 Å². The Balaban J connectivity index is 1.45. The number of nitrogens with one attached hydrogen (secondary N) is 2. The summed E-state index contributed by atoms with van der Waals surface area (Å²) in [5.41, 5.74) is 2.26. The maximum Gasteiger partial charge on any atom is 0.268 e. The molecule has 0 fully saturated rings. The van der Waals surface area contributed by atoms with Crippen LogP contribution in [-0.4, -0.2) is 34.7 Å². The lowest BCUT2D eigenvalue weighted by Gasteiger charge is -2.33. The van der Waals surface area contributed by atoms with Gasteiger partial charge in [0.1, 0.15) is 5.75 Å². The number of aromatic nitrogens is 2. The van der Waals surface area contributed by atoms with Crippen LogP contribution in [0.1, 0.15) is 19.8 Å². The molecule has 27 heavy (non-hydrogen) atoms. The highest BCUT2D eigenvalue weighted by Crippen LogP contribution is 2.34. The molecule has 138 valence electrons. The Labute approximate surface area is 156 Å². The first-order valence-electron chi connectivity index (χ1n) is 8.95. The predicted octanol–water partition coefficient (Wildman–Crippen LogP) is 3.10. The molecule has 0 saturated carbocycles. The maximum atomic E-state index is 12.7. The first-order valence-corrected chi connectivity index (χ1v) is 8.95. The quantitative estimate of drug-likeness (QED) is 0.728. The Hall–Kier alpha value is -3.35. The van der Waals surface area contributed by atoms with E-state index in [0.717, 1.165) is 10.9 Å². The zero-order valence-corrected chi connectivity index (χ0v) is 14.9. The molecule has 4 rings (SSSR count). The van der Waals surface area contributed by atoms with Crippen LogP contribution in [0.25, 0.3) is 10.9 Å². The van der Waals surface area contributed by atoms with Crippen LogP contribution in [0.15, 0.2) is 48.7 Å². The molecular formula is C20H20N4O3. The van der Waals surface area contributed by atoms with Gasteiger partial charge in [-0.1, -0.05) is 19.1 Å². The Bertz CT molecular complexity index is 998. The van der Waals surface area contributed by atoms with Gasteiger partial charge in [0.05, 0.1) is 17.4 Å². The molecule has 7 nitrogen and oxygen atoms in total. The van der Waals surface area contributed by atoms with Crippen molar-refractivity contribution in [1.29, 1.82) is 0 Å². The Kier molecular flexibility index (Phi) is 4.50. The van der Waals surface area contributed by atoms with Gasteiger partial charge in [-0.2, -0.15) is 5.10 Å². The summed E-state index contributed by atoms with van der Waals surface area (Å²) in [5, 5.41) is 10.7. The Morgan fingerprint density at radius 1 is 1.30 bits per heavy atom. The highest BCUT2D eigenvalue weighted by molar-refractivity contribution is 6.01. The van der Waals surface area contributed by atoms with Gasteiger partial charge in [0, 0.05) is 24.0 Å². The molecule has 0 spiro atoms. The second kappa shape index (κ2) is 7.11. The third-order valence-electron chi connectivity index (χ3n) is 4.63. The number of aromatic amines is 1. The summed E-state index contributed by atoms with van der Waals surface area (Å²) in [6.45, 7) is 2.21. The summed E-state index contributed by atoms with van der Waals surface area (Å²) in [7, 11) is 0. The van der Waals surface area contributed by atoms with Crippen LogP contribution >= 0.6 is 0 Å². The second-order valence-electron chi connectivity index (χ2n) is 6.44. The number of hydrogen-bond acceptors (Lipinski definition) is 4. The van der Waals surface area contributed by atoms with Crippen molar-refractivity contribution in [2.24, 2.45) is 0 Å². The van der Waals surface area contributed by atoms with Crippen LogP contribution < -0.4 is 15.0 Å². The standard InChI is InChI=1S/C20H20N4O3/c1-2-17-20(26)24(16-5-3-4-6-18(16)27-17)10-9-19(25)22-14-8-7-13-12-21-23-15(13)11-14/h3-8,11-12,17H,2,9-10H2,1H3,(H,21,23)(H,22,25). The molecule has 0 aliphatic carbocycles. The van der Waals surface area contributed by atoms with Crippen LogP contribution in [0.5, 0.6) is 5.75 Å². The molecule has 0 bridgehead atoms. The van der Waals surface area contributed by atoms with Crippen molar-refractivity contribution in [3.05, 3.63) is 48.7 Å². The van der Waals surface area contributed by atoms with Crippen LogP contribution in [0.2, 0.25) is 0 Å². The van der Waals surface area contributed by atoms with E-state index in [1.807, 2.05) is 49.4 Å². The number of nitrogens with zero attached hydrogens (tertiary/aromatic N) is 2. The molecule has 0 saturated heterocycles. The monoisotopic (exact) mass is 364 g/mol. The zero-order valence-electron chi connectivity index (χ0n) is 14.9. The molecule has 7 heteroatoms. The number of carbonyl (C=O) groups is 2. The number of benzene rings is 2. The molecule has 1 aliphatic heterocycles. The molecule has 3 aromatic rings. The summed E-state index contributed by atoms with van der Waals surface area (Å²) >= 11 is 0. The van der Waals surface area contributed by atoms with Gasteiger partial charge in [-0.25, -0.2) is 0 Å². The molecular weight excluding hydrogens is 344 g/mol. The van der Waals surface area contributed by atoms with Gasteiger partial charge >= 0.3 is 0 Å². The highest BCUT2D eigenvalue weighted by Gasteiger charge is 2.33. The smallest absolute Gasteiger partial charge is 0.268 e. The summed E-state index contributed by atoms with van der Waals surface area (Å²) in [5.74, 6) is 0.413. The van der Waals surface area contributed by atoms with Gasteiger partial charge < -0.3 is 15.0 Å². The lowest BCUT2D eigenvalue weighted by atomic mass is 10.1. The van der Waals surface area contributed by atoms with Crippen LogP contribution in [0.3, 0.4) is 0 Å². The summed E-state index contributed by atoms with van der Waals surface area (Å²) in [6, 6.07) is 13.0.